The molecule has 0 aromatic carbocycles. The molecule has 0 radical (unpaired) electrons. The normalized spacial score (nSPS) is 11.4. The SMILES string of the molecule is CCCOc1ccc(C(C)(C)C)cn1. The van der Waals surface area contributed by atoms with Crippen molar-refractivity contribution in [1.82, 2.24) is 4.98 Å². The summed E-state index contributed by atoms with van der Waals surface area (Å²) >= 11 is 0. The summed E-state index contributed by atoms with van der Waals surface area (Å²) in [5.41, 5.74) is 1.40. The van der Waals surface area contributed by atoms with Crippen molar-refractivity contribution in [2.24, 2.45) is 0 Å². The van der Waals surface area contributed by atoms with Crippen LogP contribution in [0.3, 0.4) is 0 Å². The zero-order chi connectivity index (χ0) is 10.6. The fourth-order valence-electron chi connectivity index (χ4n) is 1.12. The predicted octanol–water partition coefficient (Wildman–Crippen LogP) is 3.17. The standard InChI is InChI=1S/C12H19NO/c1-5-8-14-11-7-6-10(9-13-11)12(2,3)4/h6-7,9H,5,8H2,1-4H3. The van der Waals surface area contributed by atoms with E-state index in [1.807, 2.05) is 12.3 Å². The third-order valence-electron chi connectivity index (χ3n) is 2.06. The maximum atomic E-state index is 5.41. The van der Waals surface area contributed by atoms with Crippen LogP contribution >= 0.6 is 0 Å². The molecule has 0 unspecified atom stereocenters. The summed E-state index contributed by atoms with van der Waals surface area (Å²) in [6.45, 7) is 9.36. The lowest BCUT2D eigenvalue weighted by molar-refractivity contribution is 0.305. The average Bonchev–Trinajstić information content (AvgIpc) is 2.14. The van der Waals surface area contributed by atoms with E-state index in [2.05, 4.69) is 38.7 Å². The first kappa shape index (κ1) is 11.0. The van der Waals surface area contributed by atoms with E-state index in [9.17, 15) is 0 Å². The highest BCUT2D eigenvalue weighted by atomic mass is 16.5. The number of rotatable bonds is 3. The first-order valence-corrected chi connectivity index (χ1v) is 5.13. The van der Waals surface area contributed by atoms with Crippen molar-refractivity contribution in [2.75, 3.05) is 6.61 Å². The van der Waals surface area contributed by atoms with Gasteiger partial charge in [-0.2, -0.15) is 0 Å². The molecule has 1 rings (SSSR count). The van der Waals surface area contributed by atoms with E-state index in [1.54, 1.807) is 0 Å². The molecule has 2 heteroatoms. The summed E-state index contributed by atoms with van der Waals surface area (Å²) in [5, 5.41) is 0. The van der Waals surface area contributed by atoms with Crippen molar-refractivity contribution in [2.45, 2.75) is 39.5 Å². The van der Waals surface area contributed by atoms with Crippen LogP contribution in [0.25, 0.3) is 0 Å². The predicted molar refractivity (Wildman–Crippen MR) is 58.7 cm³/mol. The lowest BCUT2D eigenvalue weighted by atomic mass is 9.88. The molecule has 1 aromatic rings. The molecule has 1 aromatic heterocycles. The van der Waals surface area contributed by atoms with Crippen LogP contribution in [-0.2, 0) is 5.41 Å². The average molecular weight is 193 g/mol. The minimum Gasteiger partial charge on any atom is -0.478 e. The number of hydrogen-bond acceptors (Lipinski definition) is 2. The summed E-state index contributed by atoms with van der Waals surface area (Å²) in [7, 11) is 0. The Morgan fingerprint density at radius 2 is 2.00 bits per heavy atom. The zero-order valence-electron chi connectivity index (χ0n) is 9.50. The summed E-state index contributed by atoms with van der Waals surface area (Å²) in [4.78, 5) is 4.26. The Bertz CT molecular complexity index is 271. The van der Waals surface area contributed by atoms with Gasteiger partial charge in [-0.05, 0) is 17.4 Å². The number of nitrogens with zero attached hydrogens (tertiary/aromatic N) is 1. The second-order valence-corrected chi connectivity index (χ2v) is 4.48. The fourth-order valence-corrected chi connectivity index (χ4v) is 1.12. The van der Waals surface area contributed by atoms with Crippen LogP contribution in [0.5, 0.6) is 5.88 Å². The van der Waals surface area contributed by atoms with Gasteiger partial charge in [0.15, 0.2) is 0 Å². The maximum Gasteiger partial charge on any atom is 0.213 e. The minimum atomic E-state index is 0.163. The van der Waals surface area contributed by atoms with Crippen LogP contribution in [0.15, 0.2) is 18.3 Å². The highest BCUT2D eigenvalue weighted by Gasteiger charge is 2.13. The van der Waals surface area contributed by atoms with Crippen LogP contribution in [0.1, 0.15) is 39.7 Å². The molecule has 0 bridgehead atoms. The van der Waals surface area contributed by atoms with Gasteiger partial charge in [0.25, 0.3) is 0 Å². The quantitative estimate of drug-likeness (QED) is 0.735. The Balaban J connectivity index is 2.69. The summed E-state index contributed by atoms with van der Waals surface area (Å²) in [5.74, 6) is 0.722. The van der Waals surface area contributed by atoms with E-state index in [1.165, 1.54) is 5.56 Å². The molecule has 0 aliphatic rings. The number of aromatic nitrogens is 1. The maximum absolute atomic E-state index is 5.41. The second kappa shape index (κ2) is 4.45. The topological polar surface area (TPSA) is 22.1 Å². The molecular weight excluding hydrogens is 174 g/mol. The van der Waals surface area contributed by atoms with E-state index >= 15 is 0 Å². The van der Waals surface area contributed by atoms with E-state index < -0.39 is 0 Å². The van der Waals surface area contributed by atoms with Gasteiger partial charge in [0.05, 0.1) is 6.61 Å². The van der Waals surface area contributed by atoms with E-state index in [0.29, 0.717) is 0 Å². The summed E-state index contributed by atoms with van der Waals surface area (Å²) in [6.07, 6.45) is 2.91. The third-order valence-corrected chi connectivity index (χ3v) is 2.06. The van der Waals surface area contributed by atoms with Crippen LogP contribution in [-0.4, -0.2) is 11.6 Å². The molecule has 0 amide bonds. The molecule has 1 heterocycles. The summed E-state index contributed by atoms with van der Waals surface area (Å²) < 4.78 is 5.41. The molecule has 2 nitrogen and oxygen atoms in total. The van der Waals surface area contributed by atoms with Gasteiger partial charge in [0, 0.05) is 12.3 Å². The first-order chi connectivity index (χ1) is 6.54. The van der Waals surface area contributed by atoms with Crippen molar-refractivity contribution in [3.05, 3.63) is 23.9 Å². The molecule has 0 saturated carbocycles. The van der Waals surface area contributed by atoms with Crippen molar-refractivity contribution >= 4 is 0 Å². The van der Waals surface area contributed by atoms with Crippen LogP contribution in [0, 0.1) is 0 Å². The Morgan fingerprint density at radius 3 is 2.43 bits per heavy atom. The minimum absolute atomic E-state index is 0.163. The molecule has 0 spiro atoms. The van der Waals surface area contributed by atoms with E-state index in [0.717, 1.165) is 18.9 Å². The van der Waals surface area contributed by atoms with Crippen molar-refractivity contribution in [3.8, 4) is 5.88 Å². The Kier molecular flexibility index (Phi) is 3.50. The van der Waals surface area contributed by atoms with Gasteiger partial charge in [-0.15, -0.1) is 0 Å². The zero-order valence-corrected chi connectivity index (χ0v) is 9.50. The van der Waals surface area contributed by atoms with Crippen LogP contribution < -0.4 is 4.74 Å². The van der Waals surface area contributed by atoms with Crippen LogP contribution in [0.4, 0.5) is 0 Å². The van der Waals surface area contributed by atoms with Crippen LogP contribution in [0.2, 0.25) is 0 Å². The first-order valence-electron chi connectivity index (χ1n) is 5.13. The molecule has 14 heavy (non-hydrogen) atoms. The lowest BCUT2D eigenvalue weighted by Gasteiger charge is -2.18. The fraction of sp³-hybridized carbons (Fsp3) is 0.583. The van der Waals surface area contributed by atoms with Gasteiger partial charge < -0.3 is 4.74 Å². The molecule has 0 aliphatic carbocycles. The van der Waals surface area contributed by atoms with Crippen molar-refractivity contribution in [1.29, 1.82) is 0 Å². The number of ether oxygens (including phenoxy) is 1. The van der Waals surface area contributed by atoms with E-state index in [-0.39, 0.29) is 5.41 Å². The molecular formula is C12H19NO. The number of hydrogen-bond donors (Lipinski definition) is 0. The summed E-state index contributed by atoms with van der Waals surface area (Å²) in [6, 6.07) is 4.02. The van der Waals surface area contributed by atoms with Crippen molar-refractivity contribution in [3.63, 3.8) is 0 Å². The van der Waals surface area contributed by atoms with Gasteiger partial charge in [0.1, 0.15) is 0 Å². The van der Waals surface area contributed by atoms with Gasteiger partial charge in [-0.1, -0.05) is 33.8 Å². The highest BCUT2D eigenvalue weighted by molar-refractivity contribution is 5.23. The van der Waals surface area contributed by atoms with Gasteiger partial charge in [-0.3, -0.25) is 0 Å². The van der Waals surface area contributed by atoms with E-state index in [4.69, 9.17) is 4.74 Å². The van der Waals surface area contributed by atoms with Gasteiger partial charge in [0.2, 0.25) is 5.88 Å². The second-order valence-electron chi connectivity index (χ2n) is 4.48. The van der Waals surface area contributed by atoms with Crippen molar-refractivity contribution < 1.29 is 4.74 Å². The molecule has 0 fully saturated rings. The molecule has 0 atom stereocenters. The third kappa shape index (κ3) is 3.02. The molecule has 0 aliphatic heterocycles. The van der Waals surface area contributed by atoms with Gasteiger partial charge >= 0.3 is 0 Å². The molecule has 0 N–H and O–H groups in total. The Hall–Kier alpha value is -1.05. The lowest BCUT2D eigenvalue weighted by Crippen LogP contribution is -2.11. The Labute approximate surface area is 86.3 Å². The largest absolute Gasteiger partial charge is 0.478 e. The number of pyridine rings is 1. The van der Waals surface area contributed by atoms with Gasteiger partial charge in [-0.25, -0.2) is 4.98 Å². The Morgan fingerprint density at radius 1 is 1.29 bits per heavy atom. The molecule has 78 valence electrons. The smallest absolute Gasteiger partial charge is 0.213 e. The molecule has 0 saturated heterocycles. The highest BCUT2D eigenvalue weighted by Crippen LogP contribution is 2.22. The monoisotopic (exact) mass is 193 g/mol.